The van der Waals surface area contributed by atoms with Gasteiger partial charge in [0, 0.05) is 30.8 Å². The van der Waals surface area contributed by atoms with E-state index < -0.39 is 0 Å². The van der Waals surface area contributed by atoms with Crippen LogP contribution in [0.4, 0.5) is 5.95 Å². The predicted molar refractivity (Wildman–Crippen MR) is 82.1 cm³/mol. The highest BCUT2D eigenvalue weighted by Gasteiger charge is 2.30. The Balaban J connectivity index is 1.99. The molecule has 0 saturated heterocycles. The third-order valence-electron chi connectivity index (χ3n) is 3.11. The second-order valence-electron chi connectivity index (χ2n) is 4.58. The highest BCUT2D eigenvalue weighted by Crippen LogP contribution is 2.37. The van der Waals surface area contributed by atoms with Crippen molar-refractivity contribution in [2.75, 3.05) is 12.0 Å². The van der Waals surface area contributed by atoms with Crippen molar-refractivity contribution in [3.63, 3.8) is 0 Å². The molecule has 1 atom stereocenters. The molecule has 110 valence electrons. The lowest BCUT2D eigenvalue weighted by atomic mass is 10.2. The molecule has 0 fully saturated rings. The standard InChI is InChI=1S/C13H16N6OS/c1-8-3-4-15-13(17-8)19-11(7-21-12(19)14)9-5-16-18-10(9)6-20-2/h3-5,7,12H,6,14H2,1-2H3,(H,16,18). The zero-order chi connectivity index (χ0) is 14.8. The molecule has 0 saturated carbocycles. The van der Waals surface area contributed by atoms with Gasteiger partial charge in [0.2, 0.25) is 5.95 Å². The number of nitrogens with two attached hydrogens (primary N) is 1. The van der Waals surface area contributed by atoms with E-state index in [1.807, 2.05) is 29.5 Å². The minimum Gasteiger partial charge on any atom is -0.378 e. The molecule has 0 bridgehead atoms. The molecular formula is C13H16N6OS. The Hall–Kier alpha value is -1.90. The van der Waals surface area contributed by atoms with Gasteiger partial charge in [0.25, 0.3) is 0 Å². The van der Waals surface area contributed by atoms with Crippen molar-refractivity contribution in [1.82, 2.24) is 20.2 Å². The van der Waals surface area contributed by atoms with Crippen molar-refractivity contribution < 1.29 is 4.74 Å². The molecule has 3 N–H and O–H groups in total. The number of thioether (sulfide) groups is 1. The summed E-state index contributed by atoms with van der Waals surface area (Å²) in [4.78, 5) is 10.7. The van der Waals surface area contributed by atoms with Crippen molar-refractivity contribution in [1.29, 1.82) is 0 Å². The van der Waals surface area contributed by atoms with Gasteiger partial charge >= 0.3 is 0 Å². The van der Waals surface area contributed by atoms with Gasteiger partial charge in [-0.2, -0.15) is 5.10 Å². The SMILES string of the molecule is COCc1n[nH]cc1C1=CSC(N)N1c1nccc(C)n1. The molecule has 0 aliphatic carbocycles. The van der Waals surface area contributed by atoms with Gasteiger partial charge in [0.15, 0.2) is 0 Å². The van der Waals surface area contributed by atoms with E-state index in [4.69, 9.17) is 10.5 Å². The zero-order valence-corrected chi connectivity index (χ0v) is 12.6. The number of rotatable bonds is 4. The van der Waals surface area contributed by atoms with Crippen LogP contribution in [-0.2, 0) is 11.3 Å². The number of methoxy groups -OCH3 is 1. The Labute approximate surface area is 126 Å². The van der Waals surface area contributed by atoms with Crippen LogP contribution in [0.25, 0.3) is 5.70 Å². The second kappa shape index (κ2) is 5.84. The van der Waals surface area contributed by atoms with Crippen molar-refractivity contribution >= 4 is 23.4 Å². The van der Waals surface area contributed by atoms with E-state index in [-0.39, 0.29) is 5.50 Å². The van der Waals surface area contributed by atoms with Crippen molar-refractivity contribution in [2.45, 2.75) is 19.0 Å². The molecule has 21 heavy (non-hydrogen) atoms. The molecule has 0 aromatic carbocycles. The van der Waals surface area contributed by atoms with Gasteiger partial charge in [-0.3, -0.25) is 10.00 Å². The van der Waals surface area contributed by atoms with Gasteiger partial charge in [0.1, 0.15) is 5.50 Å². The summed E-state index contributed by atoms with van der Waals surface area (Å²) in [6.45, 7) is 2.36. The molecule has 0 spiro atoms. The second-order valence-corrected chi connectivity index (χ2v) is 5.57. The van der Waals surface area contributed by atoms with E-state index >= 15 is 0 Å². The summed E-state index contributed by atoms with van der Waals surface area (Å²) in [6, 6.07) is 1.86. The first-order valence-electron chi connectivity index (χ1n) is 6.42. The molecule has 3 rings (SSSR count). The predicted octanol–water partition coefficient (Wildman–Crippen LogP) is 1.45. The van der Waals surface area contributed by atoms with Gasteiger partial charge in [-0.15, -0.1) is 0 Å². The van der Waals surface area contributed by atoms with Crippen LogP contribution in [-0.4, -0.2) is 32.8 Å². The van der Waals surface area contributed by atoms with E-state index in [0.29, 0.717) is 12.6 Å². The third kappa shape index (κ3) is 2.65. The fraction of sp³-hybridized carbons (Fsp3) is 0.308. The molecule has 2 aromatic heterocycles. The molecule has 0 radical (unpaired) electrons. The fourth-order valence-electron chi connectivity index (χ4n) is 2.14. The number of aromatic nitrogens is 4. The normalized spacial score (nSPS) is 18.1. The van der Waals surface area contributed by atoms with Crippen LogP contribution in [0.15, 0.2) is 23.9 Å². The molecule has 3 heterocycles. The van der Waals surface area contributed by atoms with E-state index in [1.54, 1.807) is 13.3 Å². The van der Waals surface area contributed by atoms with Crippen molar-refractivity contribution in [2.24, 2.45) is 5.73 Å². The minimum atomic E-state index is -0.257. The summed E-state index contributed by atoms with van der Waals surface area (Å²) in [5.74, 6) is 0.586. The first-order valence-corrected chi connectivity index (χ1v) is 7.37. The smallest absolute Gasteiger partial charge is 0.232 e. The number of H-pyrrole nitrogens is 1. The van der Waals surface area contributed by atoms with E-state index in [0.717, 1.165) is 22.6 Å². The van der Waals surface area contributed by atoms with E-state index in [9.17, 15) is 0 Å². The number of ether oxygens (including phenoxy) is 1. The average Bonchev–Trinajstić information content (AvgIpc) is 3.05. The topological polar surface area (TPSA) is 92.9 Å². The average molecular weight is 304 g/mol. The van der Waals surface area contributed by atoms with Crippen molar-refractivity contribution in [3.05, 3.63) is 40.8 Å². The zero-order valence-electron chi connectivity index (χ0n) is 11.8. The van der Waals surface area contributed by atoms with Crippen LogP contribution in [0, 0.1) is 6.92 Å². The van der Waals surface area contributed by atoms with Gasteiger partial charge in [0.05, 0.1) is 18.0 Å². The lowest BCUT2D eigenvalue weighted by Gasteiger charge is -2.24. The highest BCUT2D eigenvalue weighted by molar-refractivity contribution is 8.03. The Kier molecular flexibility index (Phi) is 3.91. The molecule has 7 nitrogen and oxygen atoms in total. The van der Waals surface area contributed by atoms with Crippen LogP contribution in [0.3, 0.4) is 0 Å². The van der Waals surface area contributed by atoms with Crippen LogP contribution < -0.4 is 10.6 Å². The largest absolute Gasteiger partial charge is 0.378 e. The monoisotopic (exact) mass is 304 g/mol. The number of anilines is 1. The van der Waals surface area contributed by atoms with E-state index in [1.165, 1.54) is 11.8 Å². The number of hydrogen-bond acceptors (Lipinski definition) is 7. The molecule has 8 heteroatoms. The third-order valence-corrected chi connectivity index (χ3v) is 3.96. The Morgan fingerprint density at radius 1 is 1.52 bits per heavy atom. The number of nitrogens with zero attached hydrogens (tertiary/aromatic N) is 4. The van der Waals surface area contributed by atoms with E-state index in [2.05, 4.69) is 20.2 Å². The van der Waals surface area contributed by atoms with Crippen LogP contribution in [0.5, 0.6) is 0 Å². The Morgan fingerprint density at radius 2 is 2.38 bits per heavy atom. The molecule has 0 amide bonds. The maximum Gasteiger partial charge on any atom is 0.232 e. The lowest BCUT2D eigenvalue weighted by molar-refractivity contribution is 0.181. The summed E-state index contributed by atoms with van der Waals surface area (Å²) in [5, 5.41) is 9.08. The molecule has 1 unspecified atom stereocenters. The fourth-order valence-corrected chi connectivity index (χ4v) is 2.98. The minimum absolute atomic E-state index is 0.257. The molecular weight excluding hydrogens is 288 g/mol. The molecule has 2 aromatic rings. The molecule has 1 aliphatic heterocycles. The van der Waals surface area contributed by atoms with Crippen LogP contribution in [0.2, 0.25) is 0 Å². The quantitative estimate of drug-likeness (QED) is 0.883. The van der Waals surface area contributed by atoms with Gasteiger partial charge in [-0.1, -0.05) is 11.8 Å². The summed E-state index contributed by atoms with van der Waals surface area (Å²) in [6.07, 6.45) is 3.57. The van der Waals surface area contributed by atoms with Crippen molar-refractivity contribution in [3.8, 4) is 0 Å². The number of aryl methyl sites for hydroxylation is 1. The number of aromatic amines is 1. The Bertz CT molecular complexity index is 670. The summed E-state index contributed by atoms with van der Waals surface area (Å²) in [7, 11) is 1.64. The van der Waals surface area contributed by atoms with Crippen LogP contribution in [0.1, 0.15) is 17.0 Å². The van der Waals surface area contributed by atoms with Gasteiger partial charge in [-0.05, 0) is 18.4 Å². The van der Waals surface area contributed by atoms with Gasteiger partial charge < -0.3 is 10.5 Å². The first-order chi connectivity index (χ1) is 10.2. The summed E-state index contributed by atoms with van der Waals surface area (Å²) < 4.78 is 5.18. The van der Waals surface area contributed by atoms with Crippen LogP contribution >= 0.6 is 11.8 Å². The summed E-state index contributed by atoms with van der Waals surface area (Å²) in [5.41, 5.74) is 9.52. The summed E-state index contributed by atoms with van der Waals surface area (Å²) >= 11 is 1.52. The maximum absolute atomic E-state index is 6.18. The van der Waals surface area contributed by atoms with Gasteiger partial charge in [-0.25, -0.2) is 9.97 Å². The lowest BCUT2D eigenvalue weighted by Crippen LogP contribution is -2.36. The molecule has 1 aliphatic rings. The Morgan fingerprint density at radius 3 is 3.14 bits per heavy atom. The number of hydrogen-bond donors (Lipinski definition) is 2. The number of nitrogens with one attached hydrogen (secondary N) is 1. The maximum atomic E-state index is 6.18. The highest BCUT2D eigenvalue weighted by atomic mass is 32.2. The first kappa shape index (κ1) is 14.1.